The zero-order valence-electron chi connectivity index (χ0n) is 4.12. The molecule has 0 amide bonds. The summed E-state index contributed by atoms with van der Waals surface area (Å²) in [4.78, 5) is 0. The average molecular weight is 110 g/mol. The van der Waals surface area contributed by atoms with Crippen molar-refractivity contribution in [1.29, 1.82) is 0 Å². The zero-order chi connectivity index (χ0) is 5.91. The van der Waals surface area contributed by atoms with Crippen LogP contribution in [0.15, 0.2) is 0 Å². The van der Waals surface area contributed by atoms with Crippen molar-refractivity contribution in [1.82, 2.24) is 0 Å². The van der Waals surface area contributed by atoms with E-state index in [9.17, 15) is 8.78 Å². The first-order chi connectivity index (χ1) is 3.06. The Morgan fingerprint density at radius 2 is 2.00 bits per heavy atom. The van der Waals surface area contributed by atoms with Gasteiger partial charge in [0.15, 0.2) is 0 Å². The fourth-order valence-corrected chi connectivity index (χ4v) is 0.301. The van der Waals surface area contributed by atoms with E-state index in [0.29, 0.717) is 6.42 Å². The summed E-state index contributed by atoms with van der Waals surface area (Å²) in [6.45, 7) is 1.59. The molecule has 0 aliphatic carbocycles. The van der Waals surface area contributed by atoms with Gasteiger partial charge in [-0.3, -0.25) is 0 Å². The first kappa shape index (κ1) is 6.82. The van der Waals surface area contributed by atoms with Crippen molar-refractivity contribution in [2.75, 3.05) is 0 Å². The quantitative estimate of drug-likeness (QED) is 0.569. The molecule has 0 unspecified atom stereocenters. The molecule has 0 atom stereocenters. The Balaban J connectivity index is 3.15. The van der Waals surface area contributed by atoms with E-state index in [4.69, 9.17) is 5.11 Å². The van der Waals surface area contributed by atoms with Gasteiger partial charge in [-0.25, -0.2) is 0 Å². The predicted molar refractivity (Wildman–Crippen MR) is 22.1 cm³/mol. The summed E-state index contributed by atoms with van der Waals surface area (Å²) in [5.41, 5.74) is 0. The first-order valence-electron chi connectivity index (χ1n) is 2.16. The minimum atomic E-state index is -3.45. The highest BCUT2D eigenvalue weighted by Crippen LogP contribution is 2.14. The number of alkyl halides is 2. The van der Waals surface area contributed by atoms with E-state index in [1.165, 1.54) is 0 Å². The monoisotopic (exact) mass is 110 g/mol. The lowest BCUT2D eigenvalue weighted by Gasteiger charge is -2.03. The Kier molecular flexibility index (Phi) is 2.15. The van der Waals surface area contributed by atoms with Crippen LogP contribution in [0, 0.1) is 0 Å². The molecule has 0 aromatic heterocycles. The van der Waals surface area contributed by atoms with Crippen molar-refractivity contribution >= 4 is 0 Å². The van der Waals surface area contributed by atoms with Gasteiger partial charge in [0.2, 0.25) is 0 Å². The molecule has 0 aliphatic heterocycles. The van der Waals surface area contributed by atoms with Gasteiger partial charge in [0.05, 0.1) is 0 Å². The fraction of sp³-hybridized carbons (Fsp3) is 1.00. The number of hydrogen-bond acceptors (Lipinski definition) is 1. The highest BCUT2D eigenvalue weighted by atomic mass is 19.3. The van der Waals surface area contributed by atoms with Gasteiger partial charge in [0.1, 0.15) is 0 Å². The lowest BCUT2D eigenvalue weighted by atomic mass is 10.3. The second-order valence-corrected chi connectivity index (χ2v) is 1.42. The molecule has 0 heterocycles. The lowest BCUT2D eigenvalue weighted by Crippen LogP contribution is -2.12. The zero-order valence-corrected chi connectivity index (χ0v) is 4.12. The standard InChI is InChI=1S/C4H8F2O/c1-2-3-4(5,6)7/h7H,2-3H2,1H3. The number of halogens is 2. The van der Waals surface area contributed by atoms with Crippen LogP contribution in [0.25, 0.3) is 0 Å². The molecule has 0 saturated heterocycles. The minimum Gasteiger partial charge on any atom is -0.336 e. The number of aliphatic hydroxyl groups is 1. The number of rotatable bonds is 2. The Hall–Kier alpha value is -0.180. The van der Waals surface area contributed by atoms with E-state index in [1.807, 2.05) is 0 Å². The van der Waals surface area contributed by atoms with Crippen LogP contribution >= 0.6 is 0 Å². The van der Waals surface area contributed by atoms with Crippen molar-refractivity contribution in [3.8, 4) is 0 Å². The maximum Gasteiger partial charge on any atom is 0.353 e. The Morgan fingerprint density at radius 3 is 2.00 bits per heavy atom. The van der Waals surface area contributed by atoms with Crippen molar-refractivity contribution in [2.24, 2.45) is 0 Å². The summed E-state index contributed by atoms with van der Waals surface area (Å²) >= 11 is 0. The smallest absolute Gasteiger partial charge is 0.336 e. The van der Waals surface area contributed by atoms with Gasteiger partial charge in [0, 0.05) is 6.42 Å². The van der Waals surface area contributed by atoms with E-state index in [-0.39, 0.29) is 0 Å². The van der Waals surface area contributed by atoms with E-state index < -0.39 is 12.5 Å². The molecule has 0 saturated carbocycles. The third-order valence-electron chi connectivity index (χ3n) is 0.551. The van der Waals surface area contributed by atoms with Crippen LogP contribution in [0.3, 0.4) is 0 Å². The SMILES string of the molecule is CCCC(O)(F)F. The molecular formula is C4H8F2O. The Labute approximate surface area is 41.0 Å². The summed E-state index contributed by atoms with van der Waals surface area (Å²) in [5.74, 6) is 0. The third-order valence-corrected chi connectivity index (χ3v) is 0.551. The summed E-state index contributed by atoms with van der Waals surface area (Å²) < 4.78 is 22.6. The van der Waals surface area contributed by atoms with Crippen LogP contribution in [0.4, 0.5) is 8.78 Å². The molecule has 44 valence electrons. The van der Waals surface area contributed by atoms with Crippen LogP contribution in [-0.2, 0) is 0 Å². The summed E-state index contributed by atoms with van der Waals surface area (Å²) in [7, 11) is 0. The molecule has 0 fully saturated rings. The minimum absolute atomic E-state index is 0.309. The number of hydrogen-bond donors (Lipinski definition) is 1. The normalized spacial score (nSPS) is 12.0. The third kappa shape index (κ3) is 5.82. The van der Waals surface area contributed by atoms with E-state index in [2.05, 4.69) is 0 Å². The van der Waals surface area contributed by atoms with E-state index in [0.717, 1.165) is 0 Å². The van der Waals surface area contributed by atoms with Gasteiger partial charge in [-0.15, -0.1) is 0 Å². The van der Waals surface area contributed by atoms with Gasteiger partial charge >= 0.3 is 6.11 Å². The van der Waals surface area contributed by atoms with Gasteiger partial charge < -0.3 is 5.11 Å². The van der Waals surface area contributed by atoms with Gasteiger partial charge in [-0.05, 0) is 6.42 Å². The van der Waals surface area contributed by atoms with Gasteiger partial charge in [0.25, 0.3) is 0 Å². The molecule has 7 heavy (non-hydrogen) atoms. The molecule has 0 bridgehead atoms. The molecule has 0 aromatic carbocycles. The Bertz CT molecular complexity index is 48.1. The second-order valence-electron chi connectivity index (χ2n) is 1.42. The summed E-state index contributed by atoms with van der Waals surface area (Å²) in [6, 6.07) is 0. The molecule has 0 aliphatic rings. The van der Waals surface area contributed by atoms with Crippen molar-refractivity contribution in [3.63, 3.8) is 0 Å². The van der Waals surface area contributed by atoms with Crippen LogP contribution in [0.5, 0.6) is 0 Å². The topological polar surface area (TPSA) is 20.2 Å². The van der Waals surface area contributed by atoms with Crippen molar-refractivity contribution < 1.29 is 13.9 Å². The molecule has 0 rings (SSSR count). The maximum absolute atomic E-state index is 11.3. The first-order valence-corrected chi connectivity index (χ1v) is 2.16. The average Bonchev–Trinajstić information content (AvgIpc) is 1.30. The lowest BCUT2D eigenvalue weighted by molar-refractivity contribution is -0.203. The summed E-state index contributed by atoms with van der Waals surface area (Å²) in [5, 5.41) is 7.68. The van der Waals surface area contributed by atoms with Crippen molar-refractivity contribution in [2.45, 2.75) is 25.9 Å². The predicted octanol–water partition coefficient (Wildman–Crippen LogP) is 1.37. The molecule has 1 nitrogen and oxygen atoms in total. The largest absolute Gasteiger partial charge is 0.353 e. The molecule has 0 radical (unpaired) electrons. The van der Waals surface area contributed by atoms with Crippen LogP contribution in [0.1, 0.15) is 19.8 Å². The summed E-state index contributed by atoms with van der Waals surface area (Å²) in [6.07, 6.45) is -3.58. The van der Waals surface area contributed by atoms with Crippen LogP contribution in [-0.4, -0.2) is 11.2 Å². The molecular weight excluding hydrogens is 102 g/mol. The fourth-order valence-electron chi connectivity index (χ4n) is 0.301. The molecule has 0 spiro atoms. The van der Waals surface area contributed by atoms with Crippen LogP contribution < -0.4 is 0 Å². The van der Waals surface area contributed by atoms with Gasteiger partial charge in [-0.2, -0.15) is 8.78 Å². The van der Waals surface area contributed by atoms with Crippen LogP contribution in [0.2, 0.25) is 0 Å². The maximum atomic E-state index is 11.3. The van der Waals surface area contributed by atoms with E-state index in [1.54, 1.807) is 6.92 Å². The van der Waals surface area contributed by atoms with Crippen molar-refractivity contribution in [3.05, 3.63) is 0 Å². The highest BCUT2D eigenvalue weighted by Gasteiger charge is 2.21. The van der Waals surface area contributed by atoms with E-state index >= 15 is 0 Å². The second kappa shape index (κ2) is 2.21. The molecule has 3 heteroatoms. The van der Waals surface area contributed by atoms with Gasteiger partial charge in [-0.1, -0.05) is 6.92 Å². The molecule has 1 N–H and O–H groups in total. The Morgan fingerprint density at radius 1 is 1.57 bits per heavy atom. The highest BCUT2D eigenvalue weighted by molar-refractivity contribution is 4.43. The molecule has 0 aromatic rings.